The number of amides is 1. The van der Waals surface area contributed by atoms with Crippen molar-refractivity contribution in [3.05, 3.63) is 65.2 Å². The van der Waals surface area contributed by atoms with Crippen LogP contribution in [0.4, 0.5) is 4.79 Å². The number of ether oxygens (including phenoxy) is 1. The zero-order chi connectivity index (χ0) is 16.6. The fourth-order valence-corrected chi connectivity index (χ4v) is 3.99. The summed E-state index contributed by atoms with van der Waals surface area (Å²) in [5.74, 6) is 0. The summed E-state index contributed by atoms with van der Waals surface area (Å²) in [4.78, 5) is 12.1. The average Bonchev–Trinajstić information content (AvgIpc) is 2.91. The van der Waals surface area contributed by atoms with Crippen molar-refractivity contribution in [1.82, 2.24) is 4.31 Å². The van der Waals surface area contributed by atoms with Crippen LogP contribution in [0.5, 0.6) is 0 Å². The number of carbonyl (C=O) groups excluding carboxylic acids is 1. The van der Waals surface area contributed by atoms with Crippen molar-refractivity contribution >= 4 is 16.1 Å². The Morgan fingerprint density at radius 1 is 0.957 bits per heavy atom. The van der Waals surface area contributed by atoms with Crippen LogP contribution in [0.15, 0.2) is 53.4 Å². The molecule has 1 amide bonds. The second-order valence-electron chi connectivity index (χ2n) is 5.62. The summed E-state index contributed by atoms with van der Waals surface area (Å²) in [6.07, 6.45) is -0.837. The minimum atomic E-state index is -3.95. The highest BCUT2D eigenvalue weighted by Gasteiger charge is 2.43. The maximum atomic E-state index is 12.8. The van der Waals surface area contributed by atoms with Crippen molar-refractivity contribution in [2.45, 2.75) is 24.8 Å². The zero-order valence-electron chi connectivity index (χ0n) is 12.9. The molecule has 0 spiro atoms. The van der Waals surface area contributed by atoms with Crippen molar-refractivity contribution in [2.75, 3.05) is 6.61 Å². The normalized spacial score (nSPS) is 18.1. The van der Waals surface area contributed by atoms with Crippen LogP contribution in [0, 0.1) is 13.8 Å². The topological polar surface area (TPSA) is 63.7 Å². The molecule has 1 aliphatic rings. The molecule has 2 aromatic rings. The summed E-state index contributed by atoms with van der Waals surface area (Å²) < 4.78 is 31.5. The Balaban J connectivity index is 2.02. The van der Waals surface area contributed by atoms with E-state index in [-0.39, 0.29) is 11.5 Å². The first-order valence-electron chi connectivity index (χ1n) is 7.24. The van der Waals surface area contributed by atoms with E-state index in [0.717, 1.165) is 21.0 Å². The van der Waals surface area contributed by atoms with Crippen molar-refractivity contribution in [3.63, 3.8) is 0 Å². The molecule has 1 atom stereocenters. The van der Waals surface area contributed by atoms with Gasteiger partial charge in [-0.15, -0.1) is 0 Å². The first-order chi connectivity index (χ1) is 10.9. The molecule has 1 saturated heterocycles. The van der Waals surface area contributed by atoms with E-state index in [9.17, 15) is 13.2 Å². The van der Waals surface area contributed by atoms with Crippen LogP contribution in [0.3, 0.4) is 0 Å². The van der Waals surface area contributed by atoms with E-state index in [1.165, 1.54) is 12.1 Å². The Morgan fingerprint density at radius 2 is 1.48 bits per heavy atom. The van der Waals surface area contributed by atoms with E-state index in [1.807, 2.05) is 38.1 Å². The number of rotatable bonds is 3. The van der Waals surface area contributed by atoms with Crippen LogP contribution < -0.4 is 0 Å². The van der Waals surface area contributed by atoms with Gasteiger partial charge in [-0.1, -0.05) is 47.5 Å². The lowest BCUT2D eigenvalue weighted by Gasteiger charge is -2.21. The van der Waals surface area contributed by atoms with Crippen molar-refractivity contribution in [1.29, 1.82) is 0 Å². The van der Waals surface area contributed by atoms with Gasteiger partial charge in [0.1, 0.15) is 12.6 Å². The second-order valence-corrected chi connectivity index (χ2v) is 7.43. The maximum absolute atomic E-state index is 12.8. The number of nitrogens with zero attached hydrogens (tertiary/aromatic N) is 1. The van der Waals surface area contributed by atoms with Crippen molar-refractivity contribution < 1.29 is 17.9 Å². The molecule has 120 valence electrons. The number of hydrogen-bond acceptors (Lipinski definition) is 4. The lowest BCUT2D eigenvalue weighted by Crippen LogP contribution is -2.34. The third-order valence-electron chi connectivity index (χ3n) is 3.87. The van der Waals surface area contributed by atoms with Gasteiger partial charge in [0.2, 0.25) is 0 Å². The predicted octanol–water partition coefficient (Wildman–Crippen LogP) is 3.19. The van der Waals surface area contributed by atoms with Gasteiger partial charge in [-0.3, -0.25) is 0 Å². The predicted molar refractivity (Wildman–Crippen MR) is 85.5 cm³/mol. The van der Waals surface area contributed by atoms with Gasteiger partial charge in [-0.05, 0) is 31.5 Å². The Bertz CT molecular complexity index is 826. The molecular formula is C17H17NO4S. The van der Waals surface area contributed by atoms with Gasteiger partial charge in [0.05, 0.1) is 4.90 Å². The van der Waals surface area contributed by atoms with Gasteiger partial charge in [-0.25, -0.2) is 13.2 Å². The van der Waals surface area contributed by atoms with Gasteiger partial charge in [0, 0.05) is 0 Å². The minimum absolute atomic E-state index is 0.0208. The number of cyclic esters (lactones) is 1. The number of aryl methyl sites for hydroxylation is 2. The molecule has 0 bridgehead atoms. The summed E-state index contributed by atoms with van der Waals surface area (Å²) in [7, 11) is -3.95. The molecule has 1 fully saturated rings. The lowest BCUT2D eigenvalue weighted by atomic mass is 10.1. The van der Waals surface area contributed by atoms with E-state index < -0.39 is 22.2 Å². The highest BCUT2D eigenvalue weighted by atomic mass is 32.2. The summed E-state index contributed by atoms with van der Waals surface area (Å²) in [6, 6.07) is 13.2. The zero-order valence-corrected chi connectivity index (χ0v) is 13.7. The van der Waals surface area contributed by atoms with Crippen LogP contribution >= 0.6 is 0 Å². The highest BCUT2D eigenvalue weighted by molar-refractivity contribution is 7.89. The smallest absolute Gasteiger partial charge is 0.424 e. The Kier molecular flexibility index (Phi) is 3.85. The first kappa shape index (κ1) is 15.6. The van der Waals surface area contributed by atoms with Crippen molar-refractivity contribution in [3.8, 4) is 0 Å². The van der Waals surface area contributed by atoms with Gasteiger partial charge in [0.25, 0.3) is 10.0 Å². The molecule has 0 aliphatic carbocycles. The SMILES string of the molecule is Cc1ccc([C@@H]2COC(=O)N2S(=O)(=O)c2ccc(C)cc2)cc1. The maximum Gasteiger partial charge on any atom is 0.424 e. The van der Waals surface area contributed by atoms with E-state index in [2.05, 4.69) is 0 Å². The number of hydrogen-bond donors (Lipinski definition) is 0. The molecule has 0 saturated carbocycles. The fourth-order valence-electron chi connectivity index (χ4n) is 2.52. The molecule has 5 nitrogen and oxygen atoms in total. The third kappa shape index (κ3) is 2.82. The molecule has 1 aliphatic heterocycles. The van der Waals surface area contributed by atoms with Crippen LogP contribution in [0.25, 0.3) is 0 Å². The second kappa shape index (κ2) is 5.70. The molecule has 0 radical (unpaired) electrons. The van der Waals surface area contributed by atoms with E-state index in [1.54, 1.807) is 12.1 Å². The monoisotopic (exact) mass is 331 g/mol. The fraction of sp³-hybridized carbons (Fsp3) is 0.235. The highest BCUT2D eigenvalue weighted by Crippen LogP contribution is 2.33. The molecule has 0 unspecified atom stereocenters. The lowest BCUT2D eigenvalue weighted by molar-refractivity contribution is 0.170. The molecule has 23 heavy (non-hydrogen) atoms. The Hall–Kier alpha value is -2.34. The number of carbonyl (C=O) groups is 1. The van der Waals surface area contributed by atoms with Gasteiger partial charge in [-0.2, -0.15) is 4.31 Å². The Labute approximate surface area is 135 Å². The van der Waals surface area contributed by atoms with E-state index in [0.29, 0.717) is 0 Å². The van der Waals surface area contributed by atoms with Crippen LogP contribution in [-0.2, 0) is 14.8 Å². The largest absolute Gasteiger partial charge is 0.446 e. The molecule has 6 heteroatoms. The van der Waals surface area contributed by atoms with Crippen LogP contribution in [-0.4, -0.2) is 25.4 Å². The van der Waals surface area contributed by atoms with Crippen molar-refractivity contribution in [2.24, 2.45) is 0 Å². The average molecular weight is 331 g/mol. The summed E-state index contributed by atoms with van der Waals surface area (Å²) >= 11 is 0. The first-order valence-corrected chi connectivity index (χ1v) is 8.68. The van der Waals surface area contributed by atoms with Gasteiger partial charge < -0.3 is 4.74 Å². The van der Waals surface area contributed by atoms with Crippen LogP contribution in [0.2, 0.25) is 0 Å². The molecule has 0 N–H and O–H groups in total. The summed E-state index contributed by atoms with van der Waals surface area (Å²) in [5.41, 5.74) is 2.74. The summed E-state index contributed by atoms with van der Waals surface area (Å²) in [5, 5.41) is 0. The molecule has 0 aromatic heterocycles. The third-order valence-corrected chi connectivity index (χ3v) is 5.66. The van der Waals surface area contributed by atoms with E-state index >= 15 is 0 Å². The summed E-state index contributed by atoms with van der Waals surface area (Å²) in [6.45, 7) is 3.84. The number of benzene rings is 2. The quantitative estimate of drug-likeness (QED) is 0.866. The molecule has 1 heterocycles. The molecular weight excluding hydrogens is 314 g/mol. The van der Waals surface area contributed by atoms with Gasteiger partial charge >= 0.3 is 6.09 Å². The standard InChI is InChI=1S/C17H17NO4S/c1-12-3-7-14(8-4-12)16-11-22-17(19)18(16)23(20,21)15-9-5-13(2)6-10-15/h3-10,16H,11H2,1-2H3/t16-/m0/s1. The van der Waals surface area contributed by atoms with Crippen LogP contribution in [0.1, 0.15) is 22.7 Å². The van der Waals surface area contributed by atoms with Gasteiger partial charge in [0.15, 0.2) is 0 Å². The number of sulfonamides is 1. The Morgan fingerprint density at radius 3 is 2.04 bits per heavy atom. The van der Waals surface area contributed by atoms with E-state index in [4.69, 9.17) is 4.74 Å². The molecule has 3 rings (SSSR count). The minimum Gasteiger partial charge on any atom is -0.446 e. The molecule has 2 aromatic carbocycles.